The molecule has 0 amide bonds. The molecule has 1 N–H and O–H groups in total. The highest BCUT2D eigenvalue weighted by molar-refractivity contribution is 4.88. The minimum Gasteiger partial charge on any atom is -0.374 e. The van der Waals surface area contributed by atoms with Crippen LogP contribution in [0.1, 0.15) is 33.1 Å². The zero-order valence-corrected chi connectivity index (χ0v) is 13.2. The normalized spacial score (nSPS) is 36.5. The number of rotatable bonds is 4. The van der Waals surface area contributed by atoms with E-state index in [1.54, 1.807) is 0 Å². The predicted molar refractivity (Wildman–Crippen MR) is 82.0 cm³/mol. The highest BCUT2D eigenvalue weighted by atomic mass is 16.5. The molecule has 0 spiro atoms. The van der Waals surface area contributed by atoms with Gasteiger partial charge in [-0.3, -0.25) is 9.80 Å². The lowest BCUT2D eigenvalue weighted by atomic mass is 10.0. The maximum atomic E-state index is 6.11. The monoisotopic (exact) mass is 281 g/mol. The Balaban J connectivity index is 1.45. The molecule has 3 fully saturated rings. The van der Waals surface area contributed by atoms with Gasteiger partial charge in [0.05, 0.1) is 12.7 Å². The van der Waals surface area contributed by atoms with E-state index in [1.807, 2.05) is 0 Å². The molecule has 20 heavy (non-hydrogen) atoms. The van der Waals surface area contributed by atoms with Crippen molar-refractivity contribution in [1.82, 2.24) is 15.1 Å². The van der Waals surface area contributed by atoms with Gasteiger partial charge in [-0.2, -0.15) is 0 Å². The Labute approximate surface area is 123 Å². The van der Waals surface area contributed by atoms with Gasteiger partial charge in [-0.15, -0.1) is 0 Å². The summed E-state index contributed by atoms with van der Waals surface area (Å²) >= 11 is 0. The van der Waals surface area contributed by atoms with Crippen molar-refractivity contribution in [2.45, 2.75) is 51.3 Å². The van der Waals surface area contributed by atoms with E-state index >= 15 is 0 Å². The highest BCUT2D eigenvalue weighted by Crippen LogP contribution is 2.23. The summed E-state index contributed by atoms with van der Waals surface area (Å²) in [6, 6.07) is 1.40. The minimum absolute atomic E-state index is 0.433. The van der Waals surface area contributed by atoms with Gasteiger partial charge < -0.3 is 10.1 Å². The largest absolute Gasteiger partial charge is 0.374 e. The van der Waals surface area contributed by atoms with Gasteiger partial charge in [0.25, 0.3) is 0 Å². The third-order valence-corrected chi connectivity index (χ3v) is 5.02. The van der Waals surface area contributed by atoms with Crippen LogP contribution in [0, 0.1) is 5.92 Å². The van der Waals surface area contributed by atoms with Gasteiger partial charge in [0.15, 0.2) is 0 Å². The fourth-order valence-electron chi connectivity index (χ4n) is 4.07. The van der Waals surface area contributed by atoms with Crippen molar-refractivity contribution in [2.75, 3.05) is 45.9 Å². The molecule has 0 bridgehead atoms. The lowest BCUT2D eigenvalue weighted by Gasteiger charge is -2.40. The van der Waals surface area contributed by atoms with Gasteiger partial charge in [-0.1, -0.05) is 13.8 Å². The second-order valence-corrected chi connectivity index (χ2v) is 7.29. The summed E-state index contributed by atoms with van der Waals surface area (Å²) in [5.41, 5.74) is 0. The first-order valence-electron chi connectivity index (χ1n) is 8.52. The molecule has 3 atom stereocenters. The smallest absolute Gasteiger partial charge is 0.0829 e. The summed E-state index contributed by atoms with van der Waals surface area (Å²) in [6.45, 7) is 12.7. The molecule has 3 aliphatic rings. The predicted octanol–water partition coefficient (Wildman–Crippen LogP) is 1.17. The molecule has 0 aliphatic carbocycles. The van der Waals surface area contributed by atoms with Crippen molar-refractivity contribution in [3.8, 4) is 0 Å². The summed E-state index contributed by atoms with van der Waals surface area (Å²) < 4.78 is 6.11. The minimum atomic E-state index is 0.433. The van der Waals surface area contributed by atoms with Crippen molar-refractivity contribution in [1.29, 1.82) is 0 Å². The van der Waals surface area contributed by atoms with E-state index in [2.05, 4.69) is 29.0 Å². The number of fused-ring (bicyclic) bond motifs is 1. The van der Waals surface area contributed by atoms with Crippen molar-refractivity contribution in [3.05, 3.63) is 0 Å². The topological polar surface area (TPSA) is 27.7 Å². The maximum absolute atomic E-state index is 6.11. The summed E-state index contributed by atoms with van der Waals surface area (Å²) in [7, 11) is 0. The Hall–Kier alpha value is -0.160. The lowest BCUT2D eigenvalue weighted by molar-refractivity contribution is -0.0635. The Morgan fingerprint density at radius 3 is 3.00 bits per heavy atom. The molecule has 0 saturated carbocycles. The SMILES string of the molecule is CC(C)CC1CN(CC2CN3CCCC3CO2)CCN1. The van der Waals surface area contributed by atoms with Crippen LogP contribution in [-0.4, -0.2) is 73.9 Å². The molecule has 3 unspecified atom stereocenters. The van der Waals surface area contributed by atoms with Gasteiger partial charge in [0.1, 0.15) is 0 Å². The van der Waals surface area contributed by atoms with Crippen LogP contribution < -0.4 is 5.32 Å². The van der Waals surface area contributed by atoms with Gasteiger partial charge in [0, 0.05) is 44.8 Å². The second-order valence-electron chi connectivity index (χ2n) is 7.29. The molecule has 3 heterocycles. The van der Waals surface area contributed by atoms with E-state index in [0.717, 1.165) is 38.2 Å². The number of piperazine rings is 1. The number of nitrogens with zero attached hydrogens (tertiary/aromatic N) is 2. The van der Waals surface area contributed by atoms with Crippen LogP contribution in [0.2, 0.25) is 0 Å². The molecule has 0 radical (unpaired) electrons. The third-order valence-electron chi connectivity index (χ3n) is 5.02. The van der Waals surface area contributed by atoms with Crippen molar-refractivity contribution in [2.24, 2.45) is 5.92 Å². The molecular formula is C16H31N3O. The first-order chi connectivity index (χ1) is 9.70. The van der Waals surface area contributed by atoms with Crippen LogP contribution in [0.5, 0.6) is 0 Å². The standard InChI is InChI=1S/C16H31N3O/c1-13(2)8-14-9-18(7-5-17-14)10-16-11-19-6-3-4-15(19)12-20-16/h13-17H,3-12H2,1-2H3. The zero-order chi connectivity index (χ0) is 13.9. The maximum Gasteiger partial charge on any atom is 0.0829 e. The zero-order valence-electron chi connectivity index (χ0n) is 13.2. The van der Waals surface area contributed by atoms with Gasteiger partial charge in [-0.25, -0.2) is 0 Å². The quantitative estimate of drug-likeness (QED) is 0.837. The number of morpholine rings is 1. The molecule has 0 aromatic rings. The Morgan fingerprint density at radius 1 is 1.25 bits per heavy atom. The molecule has 4 heteroatoms. The third kappa shape index (κ3) is 3.73. The fraction of sp³-hybridized carbons (Fsp3) is 1.00. The highest BCUT2D eigenvalue weighted by Gasteiger charge is 2.33. The van der Waals surface area contributed by atoms with Crippen LogP contribution >= 0.6 is 0 Å². The van der Waals surface area contributed by atoms with E-state index in [9.17, 15) is 0 Å². The van der Waals surface area contributed by atoms with Gasteiger partial charge in [-0.05, 0) is 31.7 Å². The number of hydrogen-bond donors (Lipinski definition) is 1. The van der Waals surface area contributed by atoms with Crippen LogP contribution in [0.4, 0.5) is 0 Å². The van der Waals surface area contributed by atoms with Gasteiger partial charge >= 0.3 is 0 Å². The van der Waals surface area contributed by atoms with Crippen LogP contribution in [0.3, 0.4) is 0 Å². The summed E-state index contributed by atoms with van der Waals surface area (Å²) in [4.78, 5) is 5.27. The Kier molecular flexibility index (Phi) is 4.97. The number of nitrogens with one attached hydrogen (secondary N) is 1. The fourth-order valence-corrected chi connectivity index (χ4v) is 4.07. The summed E-state index contributed by atoms with van der Waals surface area (Å²) in [5.74, 6) is 0.781. The molecule has 0 aromatic heterocycles. The number of hydrogen-bond acceptors (Lipinski definition) is 4. The molecule has 3 aliphatic heterocycles. The first-order valence-corrected chi connectivity index (χ1v) is 8.52. The van der Waals surface area contributed by atoms with Crippen LogP contribution in [0.25, 0.3) is 0 Å². The lowest BCUT2D eigenvalue weighted by Crippen LogP contribution is -2.56. The summed E-state index contributed by atoms with van der Waals surface area (Å²) in [5, 5.41) is 3.66. The van der Waals surface area contributed by atoms with E-state index in [4.69, 9.17) is 4.74 Å². The second kappa shape index (κ2) is 6.73. The molecule has 116 valence electrons. The summed E-state index contributed by atoms with van der Waals surface area (Å²) in [6.07, 6.45) is 4.43. The Morgan fingerprint density at radius 2 is 2.15 bits per heavy atom. The molecule has 3 saturated heterocycles. The van der Waals surface area contributed by atoms with E-state index < -0.39 is 0 Å². The first kappa shape index (κ1) is 14.8. The molecular weight excluding hydrogens is 250 g/mol. The number of ether oxygens (including phenoxy) is 1. The molecule has 4 nitrogen and oxygen atoms in total. The van der Waals surface area contributed by atoms with Crippen LogP contribution in [-0.2, 0) is 4.74 Å². The Bertz CT molecular complexity index is 310. The van der Waals surface area contributed by atoms with E-state index in [-0.39, 0.29) is 0 Å². The average molecular weight is 281 g/mol. The van der Waals surface area contributed by atoms with Gasteiger partial charge in [0.2, 0.25) is 0 Å². The van der Waals surface area contributed by atoms with E-state index in [1.165, 1.54) is 38.9 Å². The van der Waals surface area contributed by atoms with Crippen molar-refractivity contribution in [3.63, 3.8) is 0 Å². The van der Waals surface area contributed by atoms with Crippen LogP contribution in [0.15, 0.2) is 0 Å². The average Bonchev–Trinajstić information content (AvgIpc) is 2.85. The van der Waals surface area contributed by atoms with Crippen molar-refractivity contribution < 1.29 is 4.74 Å². The van der Waals surface area contributed by atoms with E-state index in [0.29, 0.717) is 12.1 Å². The molecule has 3 rings (SSSR count). The molecule has 0 aromatic carbocycles. The van der Waals surface area contributed by atoms with Crippen molar-refractivity contribution >= 4 is 0 Å².